The van der Waals surface area contributed by atoms with E-state index in [1.807, 2.05) is 67.6 Å². The average molecular weight is 486 g/mol. The fourth-order valence-corrected chi connectivity index (χ4v) is 4.77. The van der Waals surface area contributed by atoms with E-state index in [1.54, 1.807) is 29.1 Å². The summed E-state index contributed by atoms with van der Waals surface area (Å²) >= 11 is 0. The van der Waals surface area contributed by atoms with Crippen molar-refractivity contribution >= 4 is 27.1 Å². The number of aromatic nitrogens is 4. The number of carbonyl (C=O) groups excluding carboxylic acids is 1. The molecule has 0 unspecified atom stereocenters. The number of benzene rings is 2. The molecule has 0 aliphatic carbocycles. The maximum absolute atomic E-state index is 13.4. The van der Waals surface area contributed by atoms with Gasteiger partial charge >= 0.3 is 0 Å². The molecule has 3 aromatic heterocycles. The molecular formula is C26H23N5O3S. The van der Waals surface area contributed by atoms with Crippen LogP contribution in [0.25, 0.3) is 16.8 Å². The number of pyridine rings is 1. The largest absolute Gasteiger partial charge is 0.305 e. The molecule has 176 valence electrons. The third-order valence-electron chi connectivity index (χ3n) is 5.68. The molecule has 5 rings (SSSR count). The standard InChI is InChI=1S/C26H23N5O3S/c1-18-10-6-7-13-20(18)21-16-23(31(29-21)17-19-11-4-3-5-12-19)27-25(32)24-22-14-8-9-15-30(22)26(28-24)35(2,33)34/h3-16H,17H2,1-2H3,(H,27,32). The molecule has 35 heavy (non-hydrogen) atoms. The van der Waals surface area contributed by atoms with Crippen LogP contribution >= 0.6 is 0 Å². The Bertz CT molecular complexity index is 1650. The van der Waals surface area contributed by atoms with Gasteiger partial charge in [-0.1, -0.05) is 60.7 Å². The van der Waals surface area contributed by atoms with E-state index in [2.05, 4.69) is 10.3 Å². The molecule has 0 aliphatic rings. The lowest BCUT2D eigenvalue weighted by Crippen LogP contribution is -2.17. The normalized spacial score (nSPS) is 11.6. The molecule has 0 atom stereocenters. The monoisotopic (exact) mass is 485 g/mol. The van der Waals surface area contributed by atoms with Crippen LogP contribution in [-0.2, 0) is 16.4 Å². The van der Waals surface area contributed by atoms with Gasteiger partial charge in [-0.25, -0.2) is 18.1 Å². The van der Waals surface area contributed by atoms with Gasteiger partial charge in [-0.2, -0.15) is 5.10 Å². The first-order valence-corrected chi connectivity index (χ1v) is 12.9. The zero-order valence-electron chi connectivity index (χ0n) is 19.2. The van der Waals surface area contributed by atoms with E-state index >= 15 is 0 Å². The number of nitrogens with one attached hydrogen (secondary N) is 1. The van der Waals surface area contributed by atoms with Crippen molar-refractivity contribution in [3.8, 4) is 11.3 Å². The van der Waals surface area contributed by atoms with Crippen molar-refractivity contribution in [3.05, 3.63) is 102 Å². The van der Waals surface area contributed by atoms with Gasteiger partial charge in [0.05, 0.1) is 17.8 Å². The second-order valence-corrected chi connectivity index (χ2v) is 10.2. The van der Waals surface area contributed by atoms with E-state index in [4.69, 9.17) is 5.10 Å². The summed E-state index contributed by atoms with van der Waals surface area (Å²) in [4.78, 5) is 17.5. The van der Waals surface area contributed by atoms with Crippen LogP contribution in [0.4, 0.5) is 5.82 Å². The zero-order chi connectivity index (χ0) is 24.6. The minimum atomic E-state index is -3.65. The van der Waals surface area contributed by atoms with Crippen molar-refractivity contribution in [2.75, 3.05) is 11.6 Å². The second kappa shape index (κ2) is 8.84. The van der Waals surface area contributed by atoms with Crippen molar-refractivity contribution in [1.82, 2.24) is 19.2 Å². The summed E-state index contributed by atoms with van der Waals surface area (Å²) in [6.07, 6.45) is 2.64. The Hall–Kier alpha value is -4.24. The van der Waals surface area contributed by atoms with Crippen LogP contribution in [0.3, 0.4) is 0 Å². The molecule has 1 N–H and O–H groups in total. The molecule has 0 saturated heterocycles. The van der Waals surface area contributed by atoms with E-state index in [1.165, 1.54) is 4.40 Å². The molecule has 2 aromatic carbocycles. The number of amides is 1. The molecule has 0 fully saturated rings. The Morgan fingerprint density at radius 1 is 0.971 bits per heavy atom. The van der Waals surface area contributed by atoms with Crippen LogP contribution in [0, 0.1) is 6.92 Å². The van der Waals surface area contributed by atoms with E-state index in [9.17, 15) is 13.2 Å². The van der Waals surface area contributed by atoms with Crippen LogP contribution in [0.2, 0.25) is 0 Å². The summed E-state index contributed by atoms with van der Waals surface area (Å²) in [5, 5.41) is 7.49. The smallest absolute Gasteiger partial charge is 0.277 e. The highest BCUT2D eigenvalue weighted by atomic mass is 32.2. The number of hydrogen-bond donors (Lipinski definition) is 1. The summed E-state index contributed by atoms with van der Waals surface area (Å²) in [5.41, 5.74) is 4.19. The van der Waals surface area contributed by atoms with Crippen LogP contribution in [0.5, 0.6) is 0 Å². The quantitative estimate of drug-likeness (QED) is 0.389. The number of imidazole rings is 1. The molecule has 9 heteroatoms. The summed E-state index contributed by atoms with van der Waals surface area (Å²) in [7, 11) is -3.65. The van der Waals surface area contributed by atoms with Gasteiger partial charge in [-0.05, 0) is 30.2 Å². The number of aryl methyl sites for hydroxylation is 1. The van der Waals surface area contributed by atoms with Gasteiger partial charge in [0.25, 0.3) is 5.91 Å². The molecule has 0 saturated carbocycles. The number of sulfone groups is 1. The Morgan fingerprint density at radius 3 is 2.43 bits per heavy atom. The molecule has 1 amide bonds. The molecule has 0 spiro atoms. The Balaban J connectivity index is 1.57. The molecule has 0 aliphatic heterocycles. The highest BCUT2D eigenvalue weighted by Crippen LogP contribution is 2.26. The first-order chi connectivity index (χ1) is 16.8. The minimum absolute atomic E-state index is 0.0240. The number of anilines is 1. The van der Waals surface area contributed by atoms with Gasteiger partial charge in [0.1, 0.15) is 5.82 Å². The van der Waals surface area contributed by atoms with Crippen LogP contribution < -0.4 is 5.32 Å². The summed E-state index contributed by atoms with van der Waals surface area (Å²) in [5.74, 6) is -0.0377. The summed E-state index contributed by atoms with van der Waals surface area (Å²) in [6, 6.07) is 24.6. The predicted molar refractivity (Wildman–Crippen MR) is 134 cm³/mol. The van der Waals surface area contributed by atoms with Gasteiger partial charge in [0, 0.05) is 24.1 Å². The van der Waals surface area contributed by atoms with E-state index in [-0.39, 0.29) is 10.9 Å². The van der Waals surface area contributed by atoms with Gasteiger partial charge in [0.2, 0.25) is 15.0 Å². The topological polar surface area (TPSA) is 98.4 Å². The number of hydrogen-bond acceptors (Lipinski definition) is 5. The summed E-state index contributed by atoms with van der Waals surface area (Å²) < 4.78 is 27.7. The van der Waals surface area contributed by atoms with Crippen LogP contribution in [0.1, 0.15) is 21.6 Å². The minimum Gasteiger partial charge on any atom is -0.305 e. The first kappa shape index (κ1) is 22.5. The van der Waals surface area contributed by atoms with Gasteiger partial charge in [-0.3, -0.25) is 9.20 Å². The lowest BCUT2D eigenvalue weighted by molar-refractivity contribution is 0.102. The summed E-state index contributed by atoms with van der Waals surface area (Å²) in [6.45, 7) is 2.45. The third kappa shape index (κ3) is 4.45. The number of carbonyl (C=O) groups is 1. The fourth-order valence-electron chi connectivity index (χ4n) is 4.00. The SMILES string of the molecule is Cc1ccccc1-c1cc(NC(=O)c2nc(S(C)(=O)=O)n3ccccc23)n(Cc2ccccc2)n1. The van der Waals surface area contributed by atoms with Crippen molar-refractivity contribution < 1.29 is 13.2 Å². The number of fused-ring (bicyclic) bond motifs is 1. The Morgan fingerprint density at radius 2 is 1.69 bits per heavy atom. The van der Waals surface area contributed by atoms with Crippen LogP contribution in [0.15, 0.2) is 90.2 Å². The predicted octanol–water partition coefficient (Wildman–Crippen LogP) is 4.21. The van der Waals surface area contributed by atoms with Crippen molar-refractivity contribution in [1.29, 1.82) is 0 Å². The average Bonchev–Trinajstić information content (AvgIpc) is 3.42. The Kier molecular flexibility index (Phi) is 5.70. The third-order valence-corrected chi connectivity index (χ3v) is 6.63. The molecule has 8 nitrogen and oxygen atoms in total. The van der Waals surface area contributed by atoms with Crippen molar-refractivity contribution in [2.45, 2.75) is 18.6 Å². The van der Waals surface area contributed by atoms with Gasteiger partial charge in [-0.15, -0.1) is 0 Å². The molecule has 3 heterocycles. The second-order valence-electron chi connectivity index (χ2n) is 8.30. The maximum atomic E-state index is 13.4. The Labute approximate surface area is 202 Å². The lowest BCUT2D eigenvalue weighted by atomic mass is 10.1. The van der Waals surface area contributed by atoms with Crippen molar-refractivity contribution in [2.24, 2.45) is 0 Å². The molecule has 0 radical (unpaired) electrons. The van der Waals surface area contributed by atoms with E-state index in [0.717, 1.165) is 28.6 Å². The lowest BCUT2D eigenvalue weighted by Gasteiger charge is -2.08. The molecule has 0 bridgehead atoms. The zero-order valence-corrected chi connectivity index (χ0v) is 20.0. The first-order valence-electron chi connectivity index (χ1n) is 11.0. The number of rotatable bonds is 6. The highest BCUT2D eigenvalue weighted by molar-refractivity contribution is 7.90. The van der Waals surface area contributed by atoms with Gasteiger partial charge < -0.3 is 5.32 Å². The van der Waals surface area contributed by atoms with E-state index in [0.29, 0.717) is 17.9 Å². The fraction of sp³-hybridized carbons (Fsp3) is 0.115. The maximum Gasteiger partial charge on any atom is 0.277 e. The van der Waals surface area contributed by atoms with E-state index < -0.39 is 15.7 Å². The highest BCUT2D eigenvalue weighted by Gasteiger charge is 2.24. The molecular weight excluding hydrogens is 462 g/mol. The molecule has 5 aromatic rings. The van der Waals surface area contributed by atoms with Crippen molar-refractivity contribution in [3.63, 3.8) is 0 Å². The van der Waals surface area contributed by atoms with Crippen LogP contribution in [-0.4, -0.2) is 39.7 Å². The van der Waals surface area contributed by atoms with Gasteiger partial charge in [0.15, 0.2) is 5.69 Å². The number of nitrogens with zero attached hydrogens (tertiary/aromatic N) is 4.